The molecule has 2 aromatic rings. The minimum absolute atomic E-state index is 0.127. The van der Waals surface area contributed by atoms with Gasteiger partial charge in [0.1, 0.15) is 0 Å². The molecule has 2 N–H and O–H groups in total. The normalized spacial score (nSPS) is 9.96. The molecular weight excluding hydrogens is 320 g/mol. The van der Waals surface area contributed by atoms with Crippen LogP contribution in [0.5, 0.6) is 0 Å². The second-order valence-electron chi connectivity index (χ2n) is 5.22. The van der Waals surface area contributed by atoms with Gasteiger partial charge in [-0.15, -0.1) is 0 Å². The number of amides is 2. The van der Waals surface area contributed by atoms with Crippen LogP contribution < -0.4 is 10.6 Å². The van der Waals surface area contributed by atoms with Gasteiger partial charge in [-0.1, -0.05) is 24.3 Å². The predicted molar refractivity (Wildman–Crippen MR) is 94.4 cm³/mol. The molecule has 2 rings (SSSR count). The molecule has 0 unspecified atom stereocenters. The Balaban J connectivity index is 1.81. The summed E-state index contributed by atoms with van der Waals surface area (Å²) in [5.74, 6) is -0.916. The predicted octanol–water partition coefficient (Wildman–Crippen LogP) is 2.62. The average Bonchev–Trinajstić information content (AvgIpc) is 2.62. The number of carbonyl (C=O) groups excluding carboxylic acids is 3. The van der Waals surface area contributed by atoms with E-state index in [4.69, 9.17) is 4.74 Å². The van der Waals surface area contributed by atoms with Gasteiger partial charge in [0.05, 0.1) is 12.2 Å². The highest BCUT2D eigenvalue weighted by molar-refractivity contribution is 5.96. The van der Waals surface area contributed by atoms with E-state index in [-0.39, 0.29) is 31.4 Å². The average molecular weight is 340 g/mol. The number of nitrogens with one attached hydrogen (secondary N) is 2. The Labute approximate surface area is 146 Å². The molecule has 0 saturated carbocycles. The van der Waals surface area contributed by atoms with Gasteiger partial charge in [0.2, 0.25) is 5.91 Å². The minimum atomic E-state index is -0.436. The summed E-state index contributed by atoms with van der Waals surface area (Å²) in [6.45, 7) is 2.24. The molecule has 0 atom stereocenters. The lowest BCUT2D eigenvalue weighted by atomic mass is 10.2. The number of benzene rings is 2. The topological polar surface area (TPSA) is 84.5 Å². The fourth-order valence-corrected chi connectivity index (χ4v) is 2.14. The second kappa shape index (κ2) is 9.22. The maximum absolute atomic E-state index is 12.0. The van der Waals surface area contributed by atoms with Gasteiger partial charge in [-0.2, -0.15) is 0 Å². The highest BCUT2D eigenvalue weighted by Gasteiger charge is 2.09. The number of hydrogen-bond donors (Lipinski definition) is 2. The number of carbonyl (C=O) groups is 3. The number of hydrogen-bond acceptors (Lipinski definition) is 4. The van der Waals surface area contributed by atoms with E-state index in [1.54, 1.807) is 55.5 Å². The van der Waals surface area contributed by atoms with Crippen LogP contribution in [0.15, 0.2) is 54.6 Å². The van der Waals surface area contributed by atoms with Gasteiger partial charge < -0.3 is 15.4 Å². The van der Waals surface area contributed by atoms with E-state index >= 15 is 0 Å². The molecular formula is C19H20N2O4. The number of rotatable bonds is 7. The molecule has 2 aromatic carbocycles. The van der Waals surface area contributed by atoms with E-state index in [1.165, 1.54) is 0 Å². The van der Waals surface area contributed by atoms with Crippen LogP contribution in [0.1, 0.15) is 34.1 Å². The van der Waals surface area contributed by atoms with Crippen molar-refractivity contribution in [3.8, 4) is 0 Å². The van der Waals surface area contributed by atoms with Gasteiger partial charge in [0.15, 0.2) is 0 Å². The van der Waals surface area contributed by atoms with Crippen molar-refractivity contribution in [1.29, 1.82) is 0 Å². The molecule has 0 radical (unpaired) electrons. The van der Waals surface area contributed by atoms with Crippen LogP contribution in [0.2, 0.25) is 0 Å². The van der Waals surface area contributed by atoms with Crippen LogP contribution in [0, 0.1) is 0 Å². The lowest BCUT2D eigenvalue weighted by molar-refractivity contribution is -0.116. The first-order valence-corrected chi connectivity index (χ1v) is 8.00. The van der Waals surface area contributed by atoms with Crippen molar-refractivity contribution in [3.05, 3.63) is 65.7 Å². The monoisotopic (exact) mass is 340 g/mol. The molecule has 130 valence electrons. The summed E-state index contributed by atoms with van der Waals surface area (Å²) in [4.78, 5) is 35.5. The first-order chi connectivity index (χ1) is 12.1. The Kier molecular flexibility index (Phi) is 6.71. The smallest absolute Gasteiger partial charge is 0.338 e. The Morgan fingerprint density at radius 3 is 2.40 bits per heavy atom. The van der Waals surface area contributed by atoms with Crippen LogP contribution in [-0.2, 0) is 9.53 Å². The minimum Gasteiger partial charge on any atom is -0.462 e. The van der Waals surface area contributed by atoms with Crippen molar-refractivity contribution in [2.75, 3.05) is 18.5 Å². The first-order valence-electron chi connectivity index (χ1n) is 8.00. The zero-order chi connectivity index (χ0) is 18.1. The third-order valence-electron chi connectivity index (χ3n) is 3.33. The van der Waals surface area contributed by atoms with Crippen molar-refractivity contribution < 1.29 is 19.1 Å². The molecule has 25 heavy (non-hydrogen) atoms. The fourth-order valence-electron chi connectivity index (χ4n) is 2.14. The Hall–Kier alpha value is -3.15. The number of esters is 1. The zero-order valence-corrected chi connectivity index (χ0v) is 14.0. The second-order valence-corrected chi connectivity index (χ2v) is 5.22. The molecule has 0 aliphatic rings. The Morgan fingerprint density at radius 1 is 0.960 bits per heavy atom. The summed E-state index contributed by atoms with van der Waals surface area (Å²) >= 11 is 0. The molecule has 0 fully saturated rings. The Morgan fingerprint density at radius 2 is 1.68 bits per heavy atom. The summed E-state index contributed by atoms with van der Waals surface area (Å²) in [7, 11) is 0. The van der Waals surface area contributed by atoms with Crippen LogP contribution in [0.4, 0.5) is 5.69 Å². The van der Waals surface area contributed by atoms with E-state index in [9.17, 15) is 14.4 Å². The SMILES string of the molecule is CCOC(=O)c1cccc(NC(=O)CCNC(=O)c2ccccc2)c1. The molecule has 2 amide bonds. The van der Waals surface area contributed by atoms with E-state index in [0.717, 1.165) is 0 Å². The standard InChI is InChI=1S/C19H20N2O4/c1-2-25-19(24)15-9-6-10-16(13-15)21-17(22)11-12-20-18(23)14-7-4-3-5-8-14/h3-10,13H,2,11-12H2,1H3,(H,20,23)(H,21,22). The summed E-state index contributed by atoms with van der Waals surface area (Å²) in [5.41, 5.74) is 1.42. The van der Waals surface area contributed by atoms with Crippen LogP contribution in [0.3, 0.4) is 0 Å². The van der Waals surface area contributed by atoms with Gasteiger partial charge in [0.25, 0.3) is 5.91 Å². The highest BCUT2D eigenvalue weighted by Crippen LogP contribution is 2.12. The van der Waals surface area contributed by atoms with E-state index in [1.807, 2.05) is 6.07 Å². The molecule has 0 bridgehead atoms. The summed E-state index contributed by atoms with van der Waals surface area (Å²) in [6, 6.07) is 15.3. The van der Waals surface area contributed by atoms with Crippen molar-refractivity contribution >= 4 is 23.5 Å². The van der Waals surface area contributed by atoms with Gasteiger partial charge in [-0.3, -0.25) is 9.59 Å². The molecule has 0 aromatic heterocycles. The quantitative estimate of drug-likeness (QED) is 0.759. The van der Waals surface area contributed by atoms with Gasteiger partial charge in [-0.05, 0) is 37.3 Å². The molecule has 0 spiro atoms. The van der Waals surface area contributed by atoms with E-state index < -0.39 is 5.97 Å². The Bertz CT molecular complexity index is 744. The number of anilines is 1. The van der Waals surface area contributed by atoms with Gasteiger partial charge in [-0.25, -0.2) is 4.79 Å². The van der Waals surface area contributed by atoms with E-state index in [0.29, 0.717) is 16.8 Å². The molecule has 6 heteroatoms. The maximum atomic E-state index is 12.0. The zero-order valence-electron chi connectivity index (χ0n) is 14.0. The molecule has 0 saturated heterocycles. The summed E-state index contributed by atoms with van der Waals surface area (Å²) in [6.07, 6.45) is 0.127. The highest BCUT2D eigenvalue weighted by atomic mass is 16.5. The number of ether oxygens (including phenoxy) is 1. The van der Waals surface area contributed by atoms with E-state index in [2.05, 4.69) is 10.6 Å². The van der Waals surface area contributed by atoms with Gasteiger partial charge >= 0.3 is 5.97 Å². The van der Waals surface area contributed by atoms with Crippen molar-refractivity contribution in [2.45, 2.75) is 13.3 Å². The van der Waals surface area contributed by atoms with Crippen LogP contribution in [0.25, 0.3) is 0 Å². The lowest BCUT2D eigenvalue weighted by Crippen LogP contribution is -2.27. The summed E-state index contributed by atoms with van der Waals surface area (Å²) < 4.78 is 4.92. The molecule has 6 nitrogen and oxygen atoms in total. The molecule has 0 aliphatic carbocycles. The third kappa shape index (κ3) is 5.76. The third-order valence-corrected chi connectivity index (χ3v) is 3.33. The van der Waals surface area contributed by atoms with Crippen molar-refractivity contribution in [3.63, 3.8) is 0 Å². The van der Waals surface area contributed by atoms with Crippen LogP contribution in [-0.4, -0.2) is 30.9 Å². The fraction of sp³-hybridized carbons (Fsp3) is 0.211. The largest absolute Gasteiger partial charge is 0.462 e. The first kappa shape index (κ1) is 18.2. The van der Waals surface area contributed by atoms with Gasteiger partial charge in [0, 0.05) is 24.2 Å². The lowest BCUT2D eigenvalue weighted by Gasteiger charge is -2.08. The molecule has 0 heterocycles. The van der Waals surface area contributed by atoms with Crippen molar-refractivity contribution in [2.24, 2.45) is 0 Å². The van der Waals surface area contributed by atoms with Crippen molar-refractivity contribution in [1.82, 2.24) is 5.32 Å². The molecule has 0 aliphatic heterocycles. The maximum Gasteiger partial charge on any atom is 0.338 e. The van der Waals surface area contributed by atoms with Crippen LogP contribution >= 0.6 is 0 Å². The summed E-state index contributed by atoms with van der Waals surface area (Å²) in [5, 5.41) is 5.38.